The number of pyridine rings is 1. The standard InChI is InChI=1S/C14H12BrN3O2S/c15-9-5-6-11(17-7-9)14(19)18-10-3-1-2-4-12(10)20-8-13(16)21/h1-7H,8H2,(H2,16,21)(H,18,19). The Morgan fingerprint density at radius 2 is 2.10 bits per heavy atom. The van der Waals surface area contributed by atoms with Gasteiger partial charge >= 0.3 is 0 Å². The lowest BCUT2D eigenvalue weighted by Gasteiger charge is -2.11. The van der Waals surface area contributed by atoms with E-state index < -0.39 is 0 Å². The topological polar surface area (TPSA) is 77.2 Å². The minimum atomic E-state index is -0.325. The van der Waals surface area contributed by atoms with Crippen LogP contribution in [-0.2, 0) is 0 Å². The number of anilines is 1. The van der Waals surface area contributed by atoms with Gasteiger partial charge in [0.1, 0.15) is 23.0 Å². The molecule has 0 saturated heterocycles. The van der Waals surface area contributed by atoms with Gasteiger partial charge in [-0.15, -0.1) is 0 Å². The van der Waals surface area contributed by atoms with E-state index >= 15 is 0 Å². The van der Waals surface area contributed by atoms with Gasteiger partial charge in [-0.3, -0.25) is 4.79 Å². The Morgan fingerprint density at radius 3 is 2.76 bits per heavy atom. The Hall–Kier alpha value is -1.99. The van der Waals surface area contributed by atoms with Gasteiger partial charge in [0.2, 0.25) is 0 Å². The van der Waals surface area contributed by atoms with Crippen LogP contribution >= 0.6 is 28.1 Å². The van der Waals surface area contributed by atoms with Crippen LogP contribution in [0, 0.1) is 0 Å². The molecule has 0 fully saturated rings. The number of nitrogens with one attached hydrogen (secondary N) is 1. The monoisotopic (exact) mass is 365 g/mol. The van der Waals surface area contributed by atoms with Crippen LogP contribution < -0.4 is 15.8 Å². The van der Waals surface area contributed by atoms with Crippen molar-refractivity contribution < 1.29 is 9.53 Å². The van der Waals surface area contributed by atoms with Crippen molar-refractivity contribution in [3.05, 3.63) is 52.8 Å². The first-order valence-electron chi connectivity index (χ1n) is 5.99. The van der Waals surface area contributed by atoms with E-state index in [9.17, 15) is 4.79 Å². The lowest BCUT2D eigenvalue weighted by Crippen LogP contribution is -2.19. The maximum Gasteiger partial charge on any atom is 0.274 e. The SMILES string of the molecule is NC(=S)COc1ccccc1NC(=O)c1ccc(Br)cn1. The zero-order valence-corrected chi connectivity index (χ0v) is 13.3. The van der Waals surface area contributed by atoms with E-state index in [4.69, 9.17) is 22.7 Å². The Morgan fingerprint density at radius 1 is 1.33 bits per heavy atom. The number of thiocarbonyl (C=S) groups is 1. The third kappa shape index (κ3) is 4.51. The molecule has 5 nitrogen and oxygen atoms in total. The summed E-state index contributed by atoms with van der Waals surface area (Å²) in [7, 11) is 0. The van der Waals surface area contributed by atoms with Crippen molar-refractivity contribution in [3.8, 4) is 5.75 Å². The van der Waals surface area contributed by atoms with Gasteiger partial charge in [0, 0.05) is 10.7 Å². The number of amides is 1. The van der Waals surface area contributed by atoms with E-state index in [0.29, 0.717) is 17.1 Å². The fourth-order valence-electron chi connectivity index (χ4n) is 1.54. The van der Waals surface area contributed by atoms with Gasteiger partial charge in [-0.2, -0.15) is 0 Å². The number of para-hydroxylation sites is 2. The van der Waals surface area contributed by atoms with Crippen molar-refractivity contribution in [1.29, 1.82) is 0 Å². The van der Waals surface area contributed by atoms with E-state index in [-0.39, 0.29) is 17.5 Å². The van der Waals surface area contributed by atoms with E-state index in [0.717, 1.165) is 4.47 Å². The van der Waals surface area contributed by atoms with Gasteiger partial charge in [0.15, 0.2) is 0 Å². The predicted octanol–water partition coefficient (Wildman–Crippen LogP) is 2.76. The molecule has 1 amide bonds. The molecule has 1 aromatic carbocycles. The lowest BCUT2D eigenvalue weighted by molar-refractivity contribution is 0.102. The molecular weight excluding hydrogens is 354 g/mol. The number of ether oxygens (including phenoxy) is 1. The summed E-state index contributed by atoms with van der Waals surface area (Å²) in [6, 6.07) is 10.4. The first-order valence-corrected chi connectivity index (χ1v) is 7.19. The first kappa shape index (κ1) is 15.4. The van der Waals surface area contributed by atoms with Crippen LogP contribution in [-0.4, -0.2) is 22.5 Å². The summed E-state index contributed by atoms with van der Waals surface area (Å²) < 4.78 is 6.25. The van der Waals surface area contributed by atoms with Crippen LogP contribution in [0.4, 0.5) is 5.69 Å². The van der Waals surface area contributed by atoms with Crippen LogP contribution in [0.3, 0.4) is 0 Å². The van der Waals surface area contributed by atoms with Crippen molar-refractivity contribution >= 4 is 44.7 Å². The van der Waals surface area contributed by atoms with E-state index in [1.165, 1.54) is 0 Å². The normalized spacial score (nSPS) is 9.95. The predicted molar refractivity (Wildman–Crippen MR) is 88.6 cm³/mol. The fourth-order valence-corrected chi connectivity index (χ4v) is 1.83. The summed E-state index contributed by atoms with van der Waals surface area (Å²) in [4.78, 5) is 16.4. The van der Waals surface area contributed by atoms with Gasteiger partial charge in [0.25, 0.3) is 5.91 Å². The number of benzene rings is 1. The maximum absolute atomic E-state index is 12.1. The highest BCUT2D eigenvalue weighted by atomic mass is 79.9. The molecule has 0 aliphatic rings. The van der Waals surface area contributed by atoms with Gasteiger partial charge in [-0.25, -0.2) is 4.98 Å². The number of hydrogen-bond donors (Lipinski definition) is 2. The Labute approximate surface area is 135 Å². The fraction of sp³-hybridized carbons (Fsp3) is 0.0714. The molecule has 0 spiro atoms. The zero-order chi connectivity index (χ0) is 15.2. The molecule has 0 aliphatic carbocycles. The number of aromatic nitrogens is 1. The molecule has 0 bridgehead atoms. The Balaban J connectivity index is 2.13. The van der Waals surface area contributed by atoms with Crippen LogP contribution in [0.25, 0.3) is 0 Å². The quantitative estimate of drug-likeness (QED) is 0.796. The highest BCUT2D eigenvalue weighted by Crippen LogP contribution is 2.24. The molecule has 21 heavy (non-hydrogen) atoms. The molecule has 2 rings (SSSR count). The summed E-state index contributed by atoms with van der Waals surface area (Å²) in [5.41, 5.74) is 6.24. The molecule has 0 radical (unpaired) electrons. The molecule has 3 N–H and O–H groups in total. The summed E-state index contributed by atoms with van der Waals surface area (Å²) in [6.45, 7) is 0.110. The molecule has 0 saturated carbocycles. The number of rotatable bonds is 5. The van der Waals surface area contributed by atoms with Gasteiger partial charge in [0.05, 0.1) is 5.69 Å². The highest BCUT2D eigenvalue weighted by molar-refractivity contribution is 9.10. The Kier molecular flexibility index (Phi) is 5.24. The van der Waals surface area contributed by atoms with E-state index in [1.807, 2.05) is 0 Å². The van der Waals surface area contributed by atoms with Crippen molar-refractivity contribution in [2.45, 2.75) is 0 Å². The highest BCUT2D eigenvalue weighted by Gasteiger charge is 2.11. The number of carbonyl (C=O) groups is 1. The molecule has 2 aromatic rings. The number of nitrogens with two attached hydrogens (primary N) is 1. The van der Waals surface area contributed by atoms with E-state index in [1.54, 1.807) is 42.6 Å². The Bertz CT molecular complexity index is 662. The van der Waals surface area contributed by atoms with Gasteiger partial charge < -0.3 is 15.8 Å². The van der Waals surface area contributed by atoms with Crippen molar-refractivity contribution in [3.63, 3.8) is 0 Å². The van der Waals surface area contributed by atoms with Gasteiger partial charge in [-0.05, 0) is 40.2 Å². The minimum Gasteiger partial charge on any atom is -0.484 e. The second-order valence-corrected chi connectivity index (χ2v) is 5.51. The molecule has 0 aliphatic heterocycles. The van der Waals surface area contributed by atoms with Gasteiger partial charge in [-0.1, -0.05) is 24.4 Å². The summed E-state index contributed by atoms with van der Waals surface area (Å²) in [5, 5.41) is 2.74. The van der Waals surface area contributed by atoms with Crippen molar-refractivity contribution in [2.75, 3.05) is 11.9 Å². The van der Waals surface area contributed by atoms with Crippen molar-refractivity contribution in [2.24, 2.45) is 5.73 Å². The third-order valence-corrected chi connectivity index (χ3v) is 3.05. The molecule has 1 aromatic heterocycles. The average molecular weight is 366 g/mol. The largest absolute Gasteiger partial charge is 0.484 e. The summed E-state index contributed by atoms with van der Waals surface area (Å²) in [5.74, 6) is 0.171. The number of carbonyl (C=O) groups excluding carboxylic acids is 1. The summed E-state index contributed by atoms with van der Waals surface area (Å²) in [6.07, 6.45) is 1.56. The number of halogens is 1. The van der Waals surface area contributed by atoms with Crippen molar-refractivity contribution in [1.82, 2.24) is 4.98 Å². The summed E-state index contributed by atoms with van der Waals surface area (Å²) >= 11 is 8.03. The molecule has 0 unspecified atom stereocenters. The molecule has 0 atom stereocenters. The number of nitrogens with zero attached hydrogens (tertiary/aromatic N) is 1. The molecular formula is C14H12BrN3O2S. The smallest absolute Gasteiger partial charge is 0.274 e. The maximum atomic E-state index is 12.1. The third-order valence-electron chi connectivity index (χ3n) is 2.47. The average Bonchev–Trinajstić information content (AvgIpc) is 2.47. The molecule has 108 valence electrons. The van der Waals surface area contributed by atoms with Crippen LogP contribution in [0.2, 0.25) is 0 Å². The van der Waals surface area contributed by atoms with Crippen LogP contribution in [0.5, 0.6) is 5.75 Å². The van der Waals surface area contributed by atoms with Crippen LogP contribution in [0.1, 0.15) is 10.5 Å². The minimum absolute atomic E-state index is 0.110. The number of hydrogen-bond acceptors (Lipinski definition) is 4. The second kappa shape index (κ2) is 7.14. The van der Waals surface area contributed by atoms with E-state index in [2.05, 4.69) is 26.2 Å². The first-order chi connectivity index (χ1) is 10.1. The molecule has 1 heterocycles. The van der Waals surface area contributed by atoms with Crippen LogP contribution in [0.15, 0.2) is 47.1 Å². The lowest BCUT2D eigenvalue weighted by atomic mass is 10.2. The molecule has 7 heteroatoms. The zero-order valence-electron chi connectivity index (χ0n) is 10.9. The second-order valence-electron chi connectivity index (χ2n) is 4.07.